The predicted molar refractivity (Wildman–Crippen MR) is 39.5 cm³/mol. The van der Waals surface area contributed by atoms with Crippen molar-refractivity contribution >= 4 is 36.2 Å². The molecule has 0 saturated carbocycles. The van der Waals surface area contributed by atoms with Crippen LogP contribution in [0.1, 0.15) is 4.88 Å². The second-order valence-corrected chi connectivity index (χ2v) is 3.45. The molecule has 8 heavy (non-hydrogen) atoms. The van der Waals surface area contributed by atoms with Gasteiger partial charge < -0.3 is 0 Å². The molecular weight excluding hydrogens is 138 g/mol. The minimum Gasteiger partial charge on any atom is -0.129 e. The van der Waals surface area contributed by atoms with E-state index < -0.39 is 0 Å². The van der Waals surface area contributed by atoms with E-state index in [1.807, 2.05) is 6.92 Å². The molecule has 0 aromatic carbocycles. The fraction of sp³-hybridized carbons (Fsp3) is 0.200. The lowest BCUT2D eigenvalue weighted by Crippen LogP contribution is -1.98. The minimum atomic E-state index is 0.764. The SMILES string of the molecule is [B]c1cc(Cl)sc1C. The number of thiophene rings is 1. The van der Waals surface area contributed by atoms with Gasteiger partial charge in [0, 0.05) is 0 Å². The number of aryl methyl sites for hydroxylation is 1. The van der Waals surface area contributed by atoms with Crippen molar-refractivity contribution in [1.29, 1.82) is 0 Å². The van der Waals surface area contributed by atoms with Crippen LogP contribution >= 0.6 is 22.9 Å². The maximum Gasteiger partial charge on any atom is 0.115 e. The first-order valence-electron chi connectivity index (χ1n) is 2.21. The van der Waals surface area contributed by atoms with Gasteiger partial charge in [0.1, 0.15) is 7.85 Å². The molecule has 0 bridgehead atoms. The molecule has 0 nitrogen and oxygen atoms in total. The van der Waals surface area contributed by atoms with E-state index in [0.29, 0.717) is 0 Å². The third-order valence-corrected chi connectivity index (χ3v) is 2.12. The Labute approximate surface area is 58.9 Å². The van der Waals surface area contributed by atoms with Crippen molar-refractivity contribution in [3.05, 3.63) is 15.3 Å². The molecule has 0 aliphatic heterocycles. The summed E-state index contributed by atoms with van der Waals surface area (Å²) in [7, 11) is 5.47. The first kappa shape index (κ1) is 6.18. The number of halogens is 1. The molecule has 2 radical (unpaired) electrons. The molecule has 3 heteroatoms. The van der Waals surface area contributed by atoms with Gasteiger partial charge in [-0.05, 0) is 17.9 Å². The van der Waals surface area contributed by atoms with E-state index in [9.17, 15) is 0 Å². The predicted octanol–water partition coefficient (Wildman–Crippen LogP) is 1.50. The fourth-order valence-corrected chi connectivity index (χ4v) is 1.58. The highest BCUT2D eigenvalue weighted by Gasteiger charge is 1.95. The van der Waals surface area contributed by atoms with Crippen molar-refractivity contribution < 1.29 is 0 Å². The van der Waals surface area contributed by atoms with Gasteiger partial charge in [-0.2, -0.15) is 0 Å². The summed E-state index contributed by atoms with van der Waals surface area (Å²) in [5.41, 5.74) is 0.792. The topological polar surface area (TPSA) is 0 Å². The first-order chi connectivity index (χ1) is 3.70. The Morgan fingerprint density at radius 1 is 1.75 bits per heavy atom. The summed E-state index contributed by atoms with van der Waals surface area (Å²) in [6.07, 6.45) is 0. The van der Waals surface area contributed by atoms with Crippen LogP contribution in [0.15, 0.2) is 6.07 Å². The summed E-state index contributed by atoms with van der Waals surface area (Å²) in [6.45, 7) is 1.95. The first-order valence-corrected chi connectivity index (χ1v) is 3.41. The third kappa shape index (κ3) is 1.06. The van der Waals surface area contributed by atoms with Crippen LogP contribution < -0.4 is 5.46 Å². The van der Waals surface area contributed by atoms with Crippen LogP contribution in [0.25, 0.3) is 0 Å². The van der Waals surface area contributed by atoms with Gasteiger partial charge in [-0.3, -0.25) is 0 Å². The molecule has 0 fully saturated rings. The molecule has 0 unspecified atom stereocenters. The molecule has 0 aliphatic rings. The molecule has 0 spiro atoms. The Balaban J connectivity index is 3.14. The van der Waals surface area contributed by atoms with E-state index >= 15 is 0 Å². The zero-order valence-electron chi connectivity index (χ0n) is 4.44. The van der Waals surface area contributed by atoms with E-state index in [4.69, 9.17) is 19.4 Å². The molecule has 1 heterocycles. The van der Waals surface area contributed by atoms with Gasteiger partial charge in [-0.1, -0.05) is 17.1 Å². The van der Waals surface area contributed by atoms with Crippen LogP contribution in [0.4, 0.5) is 0 Å². The van der Waals surface area contributed by atoms with E-state index in [1.54, 1.807) is 6.07 Å². The smallest absolute Gasteiger partial charge is 0.115 e. The van der Waals surface area contributed by atoms with Gasteiger partial charge in [0.05, 0.1) is 4.34 Å². The number of rotatable bonds is 0. The van der Waals surface area contributed by atoms with Gasteiger partial charge in [0.15, 0.2) is 0 Å². The largest absolute Gasteiger partial charge is 0.129 e. The lowest BCUT2D eigenvalue weighted by atomic mass is 9.98. The lowest BCUT2D eigenvalue weighted by molar-refractivity contribution is 1.69. The number of hydrogen-bond donors (Lipinski definition) is 0. The standard InChI is InChI=1S/C5H4BClS/c1-3-4(6)2-5(7)8-3/h2H,1H3. The normalized spacial score (nSPS) is 9.75. The second kappa shape index (κ2) is 2.12. The Morgan fingerprint density at radius 3 is 2.50 bits per heavy atom. The Morgan fingerprint density at radius 2 is 2.38 bits per heavy atom. The van der Waals surface area contributed by atoms with Crippen LogP contribution in [-0.2, 0) is 0 Å². The molecule has 1 aromatic rings. The van der Waals surface area contributed by atoms with Crippen LogP contribution in [0, 0.1) is 6.92 Å². The van der Waals surface area contributed by atoms with E-state index in [-0.39, 0.29) is 0 Å². The molecule has 0 N–H and O–H groups in total. The van der Waals surface area contributed by atoms with Crippen molar-refractivity contribution in [3.63, 3.8) is 0 Å². The van der Waals surface area contributed by atoms with Crippen LogP contribution in [0.5, 0.6) is 0 Å². The van der Waals surface area contributed by atoms with Crippen LogP contribution in [0.3, 0.4) is 0 Å². The van der Waals surface area contributed by atoms with Crippen molar-refractivity contribution in [1.82, 2.24) is 0 Å². The van der Waals surface area contributed by atoms with Gasteiger partial charge in [0.25, 0.3) is 0 Å². The molecule has 0 atom stereocenters. The third-order valence-electron chi connectivity index (χ3n) is 0.926. The average molecular weight is 142 g/mol. The van der Waals surface area contributed by atoms with Crippen LogP contribution in [-0.4, -0.2) is 7.85 Å². The Kier molecular flexibility index (Phi) is 1.63. The summed E-state index contributed by atoms with van der Waals surface area (Å²) in [6, 6.07) is 1.77. The van der Waals surface area contributed by atoms with Crippen molar-refractivity contribution in [2.75, 3.05) is 0 Å². The van der Waals surface area contributed by atoms with Crippen molar-refractivity contribution in [3.8, 4) is 0 Å². The van der Waals surface area contributed by atoms with Crippen molar-refractivity contribution in [2.24, 2.45) is 0 Å². The highest BCUT2D eigenvalue weighted by atomic mass is 35.5. The zero-order valence-corrected chi connectivity index (χ0v) is 6.01. The maximum atomic E-state index is 5.60. The zero-order chi connectivity index (χ0) is 6.15. The van der Waals surface area contributed by atoms with Gasteiger partial charge in [0.2, 0.25) is 0 Å². The van der Waals surface area contributed by atoms with Gasteiger partial charge in [-0.25, -0.2) is 0 Å². The van der Waals surface area contributed by atoms with E-state index in [0.717, 1.165) is 14.7 Å². The minimum absolute atomic E-state index is 0.764. The molecule has 40 valence electrons. The summed E-state index contributed by atoms with van der Waals surface area (Å²) in [5.74, 6) is 0. The Bertz CT molecular complexity index is 175. The van der Waals surface area contributed by atoms with E-state index in [1.165, 1.54) is 11.3 Å². The summed E-state index contributed by atoms with van der Waals surface area (Å²) in [4.78, 5) is 1.09. The monoisotopic (exact) mass is 142 g/mol. The quantitative estimate of drug-likeness (QED) is 0.482. The maximum absolute atomic E-state index is 5.60. The Hall–Kier alpha value is 0.0549. The summed E-state index contributed by atoms with van der Waals surface area (Å²) in [5, 5.41) is 0. The second-order valence-electron chi connectivity index (χ2n) is 1.56. The van der Waals surface area contributed by atoms with Crippen molar-refractivity contribution in [2.45, 2.75) is 6.92 Å². The molecular formula is C5H4BClS. The average Bonchev–Trinajstić information content (AvgIpc) is 1.85. The molecule has 1 aromatic heterocycles. The highest BCUT2D eigenvalue weighted by molar-refractivity contribution is 7.17. The number of hydrogen-bond acceptors (Lipinski definition) is 1. The van der Waals surface area contributed by atoms with Crippen LogP contribution in [0.2, 0.25) is 4.34 Å². The fourth-order valence-electron chi connectivity index (χ4n) is 0.459. The molecule has 0 saturated heterocycles. The van der Waals surface area contributed by atoms with Gasteiger partial charge >= 0.3 is 0 Å². The summed E-state index contributed by atoms with van der Waals surface area (Å²) < 4.78 is 0.764. The van der Waals surface area contributed by atoms with Gasteiger partial charge in [-0.15, -0.1) is 11.3 Å². The molecule has 0 aliphatic carbocycles. The highest BCUT2D eigenvalue weighted by Crippen LogP contribution is 2.17. The molecule has 0 amide bonds. The van der Waals surface area contributed by atoms with E-state index in [2.05, 4.69) is 0 Å². The molecule has 1 rings (SSSR count). The summed E-state index contributed by atoms with van der Waals surface area (Å²) >= 11 is 7.11. The lowest BCUT2D eigenvalue weighted by Gasteiger charge is -1.79.